The minimum Gasteiger partial charge on any atom is -0.454 e. The molecule has 1 aromatic carbocycles. The Bertz CT molecular complexity index is 729. The second-order valence-corrected chi connectivity index (χ2v) is 6.07. The van der Waals surface area contributed by atoms with E-state index in [2.05, 4.69) is 15.7 Å². The van der Waals surface area contributed by atoms with Crippen LogP contribution in [0.1, 0.15) is 18.4 Å². The number of carbonyl (C=O) groups excluding carboxylic acids is 1. The summed E-state index contributed by atoms with van der Waals surface area (Å²) in [5, 5.41) is 10.7. The number of benzene rings is 1. The van der Waals surface area contributed by atoms with Crippen LogP contribution in [0.2, 0.25) is 0 Å². The number of piperidine rings is 1. The topological polar surface area (TPSA) is 77.4 Å². The van der Waals surface area contributed by atoms with Crippen LogP contribution in [0.25, 0.3) is 0 Å². The van der Waals surface area contributed by atoms with Gasteiger partial charge in [-0.2, -0.15) is 5.10 Å². The number of amides is 1. The SMILES string of the molecule is Cl.O=C(NCc1cccc2c1OCO2)C1(n2cccn2)CCNCC1. The number of para-hydroxylation sites is 1. The summed E-state index contributed by atoms with van der Waals surface area (Å²) in [4.78, 5) is 13.0. The minimum atomic E-state index is -0.635. The van der Waals surface area contributed by atoms with E-state index in [1.54, 1.807) is 10.9 Å². The number of halogens is 1. The fraction of sp³-hybridized carbons (Fsp3) is 0.412. The largest absolute Gasteiger partial charge is 0.454 e. The second-order valence-electron chi connectivity index (χ2n) is 6.07. The molecule has 0 spiro atoms. The van der Waals surface area contributed by atoms with Gasteiger partial charge in [0.05, 0.1) is 0 Å². The van der Waals surface area contributed by atoms with Gasteiger partial charge >= 0.3 is 0 Å². The molecule has 1 aromatic heterocycles. The first-order valence-electron chi connectivity index (χ1n) is 8.16. The van der Waals surface area contributed by atoms with Gasteiger partial charge in [-0.15, -0.1) is 12.4 Å². The number of nitrogens with one attached hydrogen (secondary N) is 2. The highest BCUT2D eigenvalue weighted by Crippen LogP contribution is 2.35. The molecule has 4 rings (SSSR count). The molecule has 2 aliphatic heterocycles. The summed E-state index contributed by atoms with van der Waals surface area (Å²) >= 11 is 0. The zero-order valence-corrected chi connectivity index (χ0v) is 14.6. The Balaban J connectivity index is 0.00000182. The van der Waals surface area contributed by atoms with E-state index in [9.17, 15) is 4.79 Å². The summed E-state index contributed by atoms with van der Waals surface area (Å²) in [6, 6.07) is 7.57. The Morgan fingerprint density at radius 3 is 2.88 bits per heavy atom. The Labute approximate surface area is 152 Å². The molecule has 0 bridgehead atoms. The van der Waals surface area contributed by atoms with E-state index < -0.39 is 5.54 Å². The van der Waals surface area contributed by atoms with Crippen molar-refractivity contribution in [3.8, 4) is 11.5 Å². The molecule has 134 valence electrons. The van der Waals surface area contributed by atoms with Crippen molar-refractivity contribution in [3.05, 3.63) is 42.2 Å². The quantitative estimate of drug-likeness (QED) is 0.858. The molecule has 25 heavy (non-hydrogen) atoms. The summed E-state index contributed by atoms with van der Waals surface area (Å²) in [5.41, 5.74) is 0.284. The Morgan fingerprint density at radius 2 is 2.12 bits per heavy atom. The maximum Gasteiger partial charge on any atom is 0.248 e. The monoisotopic (exact) mass is 364 g/mol. The van der Waals surface area contributed by atoms with Gasteiger partial charge in [0.15, 0.2) is 11.5 Å². The molecule has 2 aromatic rings. The molecule has 1 saturated heterocycles. The summed E-state index contributed by atoms with van der Waals surface area (Å²) in [6.07, 6.45) is 5.01. The Kier molecular flexibility index (Phi) is 5.15. The molecule has 3 heterocycles. The lowest BCUT2D eigenvalue weighted by Gasteiger charge is -2.36. The van der Waals surface area contributed by atoms with Crippen LogP contribution >= 0.6 is 12.4 Å². The first kappa shape index (κ1) is 17.6. The van der Waals surface area contributed by atoms with Crippen molar-refractivity contribution >= 4 is 18.3 Å². The lowest BCUT2D eigenvalue weighted by Crippen LogP contribution is -2.54. The summed E-state index contributed by atoms with van der Waals surface area (Å²) in [5.74, 6) is 1.44. The number of nitrogens with zero attached hydrogens (tertiary/aromatic N) is 2. The van der Waals surface area contributed by atoms with E-state index >= 15 is 0 Å². The fourth-order valence-electron chi connectivity index (χ4n) is 3.39. The van der Waals surface area contributed by atoms with Crippen molar-refractivity contribution in [2.45, 2.75) is 24.9 Å². The number of hydrogen-bond donors (Lipinski definition) is 2. The van der Waals surface area contributed by atoms with Gasteiger partial charge in [0, 0.05) is 24.5 Å². The lowest BCUT2D eigenvalue weighted by atomic mass is 9.87. The number of fused-ring (bicyclic) bond motifs is 1. The predicted octanol–water partition coefficient (Wildman–Crippen LogP) is 1.43. The molecule has 2 N–H and O–H groups in total. The van der Waals surface area contributed by atoms with Crippen LogP contribution in [-0.4, -0.2) is 35.6 Å². The maximum absolute atomic E-state index is 13.0. The van der Waals surface area contributed by atoms with Crippen molar-refractivity contribution in [1.82, 2.24) is 20.4 Å². The molecule has 1 amide bonds. The molecular weight excluding hydrogens is 344 g/mol. The van der Waals surface area contributed by atoms with Gasteiger partial charge < -0.3 is 20.1 Å². The van der Waals surface area contributed by atoms with Gasteiger partial charge in [-0.3, -0.25) is 9.48 Å². The molecule has 7 nitrogen and oxygen atoms in total. The Hall–Kier alpha value is -2.25. The van der Waals surface area contributed by atoms with Crippen molar-refractivity contribution in [3.63, 3.8) is 0 Å². The third kappa shape index (κ3) is 3.17. The van der Waals surface area contributed by atoms with Crippen LogP contribution < -0.4 is 20.1 Å². The number of aromatic nitrogens is 2. The number of carbonyl (C=O) groups is 1. The molecular formula is C17H21ClN4O3. The van der Waals surface area contributed by atoms with Gasteiger partial charge in [-0.25, -0.2) is 0 Å². The van der Waals surface area contributed by atoms with Crippen molar-refractivity contribution in [2.24, 2.45) is 0 Å². The molecule has 0 atom stereocenters. The smallest absolute Gasteiger partial charge is 0.248 e. The Morgan fingerprint density at radius 1 is 1.28 bits per heavy atom. The van der Waals surface area contributed by atoms with Crippen molar-refractivity contribution in [1.29, 1.82) is 0 Å². The zero-order chi connectivity index (χ0) is 16.4. The van der Waals surface area contributed by atoms with Gasteiger partial charge in [0.25, 0.3) is 0 Å². The van der Waals surface area contributed by atoms with Gasteiger partial charge in [-0.1, -0.05) is 12.1 Å². The average molecular weight is 365 g/mol. The maximum atomic E-state index is 13.0. The van der Waals surface area contributed by atoms with Crippen LogP contribution in [0.5, 0.6) is 11.5 Å². The van der Waals surface area contributed by atoms with Crippen LogP contribution in [-0.2, 0) is 16.9 Å². The number of rotatable bonds is 4. The van der Waals surface area contributed by atoms with Crippen LogP contribution in [0.3, 0.4) is 0 Å². The van der Waals surface area contributed by atoms with Gasteiger partial charge in [0.1, 0.15) is 5.54 Å². The van der Waals surface area contributed by atoms with Gasteiger partial charge in [-0.05, 0) is 38.1 Å². The molecule has 0 aliphatic carbocycles. The van der Waals surface area contributed by atoms with E-state index in [1.165, 1.54) is 0 Å². The van der Waals surface area contributed by atoms with Crippen LogP contribution in [0.15, 0.2) is 36.7 Å². The van der Waals surface area contributed by atoms with Crippen LogP contribution in [0, 0.1) is 0 Å². The third-order valence-electron chi connectivity index (χ3n) is 4.71. The molecule has 0 saturated carbocycles. The summed E-state index contributed by atoms with van der Waals surface area (Å²) < 4.78 is 12.7. The van der Waals surface area contributed by atoms with E-state index in [4.69, 9.17) is 9.47 Å². The first-order chi connectivity index (χ1) is 11.8. The average Bonchev–Trinajstić information content (AvgIpc) is 3.31. The zero-order valence-electron chi connectivity index (χ0n) is 13.7. The standard InChI is InChI=1S/C17H20N4O3.ClH/c22-16(17(5-8-18-9-6-17)21-10-2-7-20-21)19-11-13-3-1-4-14-15(13)24-12-23-14;/h1-4,7,10,18H,5-6,8-9,11-12H2,(H,19,22);1H. The first-order valence-corrected chi connectivity index (χ1v) is 8.16. The lowest BCUT2D eigenvalue weighted by molar-refractivity contribution is -0.132. The van der Waals surface area contributed by atoms with E-state index in [-0.39, 0.29) is 25.1 Å². The summed E-state index contributed by atoms with van der Waals surface area (Å²) in [7, 11) is 0. The van der Waals surface area contributed by atoms with E-state index in [1.807, 2.05) is 30.5 Å². The molecule has 0 radical (unpaired) electrons. The van der Waals surface area contributed by atoms with Crippen molar-refractivity contribution in [2.75, 3.05) is 19.9 Å². The number of hydrogen-bond acceptors (Lipinski definition) is 5. The van der Waals surface area contributed by atoms with E-state index in [0.29, 0.717) is 19.4 Å². The highest BCUT2D eigenvalue weighted by Gasteiger charge is 2.41. The van der Waals surface area contributed by atoms with Crippen LogP contribution in [0.4, 0.5) is 0 Å². The summed E-state index contributed by atoms with van der Waals surface area (Å²) in [6.45, 7) is 2.22. The van der Waals surface area contributed by atoms with Gasteiger partial charge in [0.2, 0.25) is 12.7 Å². The molecule has 2 aliphatic rings. The minimum absolute atomic E-state index is 0. The predicted molar refractivity (Wildman–Crippen MR) is 94.0 cm³/mol. The third-order valence-corrected chi connectivity index (χ3v) is 4.71. The molecule has 1 fully saturated rings. The van der Waals surface area contributed by atoms with E-state index in [0.717, 1.165) is 30.2 Å². The highest BCUT2D eigenvalue weighted by atomic mass is 35.5. The molecule has 0 unspecified atom stereocenters. The highest BCUT2D eigenvalue weighted by molar-refractivity contribution is 5.85. The van der Waals surface area contributed by atoms with Crippen molar-refractivity contribution < 1.29 is 14.3 Å². The fourth-order valence-corrected chi connectivity index (χ4v) is 3.39. The molecule has 8 heteroatoms. The second kappa shape index (κ2) is 7.33. The number of ether oxygens (including phenoxy) is 2. The normalized spacial score (nSPS) is 17.6.